The molecule has 1 unspecified atom stereocenters. The number of rotatable bonds is 5. The highest BCUT2D eigenvalue weighted by molar-refractivity contribution is 6.00. The Labute approximate surface area is 121 Å². The molecule has 0 amide bonds. The monoisotopic (exact) mass is 269 g/mol. The quantitative estimate of drug-likeness (QED) is 0.581. The zero-order valence-corrected chi connectivity index (χ0v) is 12.3. The van der Waals surface area contributed by atoms with E-state index in [9.17, 15) is 0 Å². The Hall–Kier alpha value is -1.90. The van der Waals surface area contributed by atoms with Gasteiger partial charge in [0.15, 0.2) is 5.84 Å². The van der Waals surface area contributed by atoms with E-state index < -0.39 is 0 Å². The van der Waals surface area contributed by atoms with Gasteiger partial charge in [-0.25, -0.2) is 4.99 Å². The van der Waals surface area contributed by atoms with E-state index in [1.165, 1.54) is 5.56 Å². The maximum Gasteiger partial charge on any atom is 0.173 e. The van der Waals surface area contributed by atoms with Gasteiger partial charge in [0.1, 0.15) is 0 Å². The van der Waals surface area contributed by atoms with Crippen LogP contribution in [0.2, 0.25) is 0 Å². The maximum atomic E-state index is 4.69. The predicted octanol–water partition coefficient (Wildman–Crippen LogP) is 4.19. The van der Waals surface area contributed by atoms with Gasteiger partial charge in [0.2, 0.25) is 0 Å². The summed E-state index contributed by atoms with van der Waals surface area (Å²) >= 11 is 0. The van der Waals surface area contributed by atoms with Gasteiger partial charge in [0, 0.05) is 6.54 Å². The number of hydrogen-bond donors (Lipinski definition) is 0. The second kappa shape index (κ2) is 7.04. The van der Waals surface area contributed by atoms with E-state index in [0.717, 1.165) is 37.8 Å². The van der Waals surface area contributed by atoms with Gasteiger partial charge >= 0.3 is 0 Å². The van der Waals surface area contributed by atoms with Crippen LogP contribution in [-0.2, 0) is 0 Å². The van der Waals surface area contributed by atoms with Gasteiger partial charge in [-0.2, -0.15) is 5.10 Å². The van der Waals surface area contributed by atoms with Crippen molar-refractivity contribution in [1.82, 2.24) is 5.01 Å². The Morgan fingerprint density at radius 2 is 2.10 bits per heavy atom. The summed E-state index contributed by atoms with van der Waals surface area (Å²) in [6.07, 6.45) is 4.27. The SMILES string of the molecule is C=N/C(=N\N1CCCC1c1ccccc1)C(=C)CCC. The van der Waals surface area contributed by atoms with Crippen LogP contribution in [0, 0.1) is 0 Å². The zero-order chi connectivity index (χ0) is 14.4. The maximum absolute atomic E-state index is 4.69. The van der Waals surface area contributed by atoms with E-state index in [1.807, 2.05) is 6.07 Å². The zero-order valence-electron chi connectivity index (χ0n) is 12.3. The minimum Gasteiger partial charge on any atom is -0.287 e. The molecule has 1 fully saturated rings. The number of aliphatic imine (C=N–C) groups is 1. The van der Waals surface area contributed by atoms with E-state index in [2.05, 4.69) is 54.5 Å². The second-order valence-corrected chi connectivity index (χ2v) is 5.17. The first-order chi connectivity index (χ1) is 9.76. The molecule has 0 aromatic heterocycles. The number of benzene rings is 1. The van der Waals surface area contributed by atoms with Crippen LogP contribution in [0.4, 0.5) is 0 Å². The first-order valence-electron chi connectivity index (χ1n) is 7.31. The van der Waals surface area contributed by atoms with Gasteiger partial charge in [-0.1, -0.05) is 50.3 Å². The predicted molar refractivity (Wildman–Crippen MR) is 86.2 cm³/mol. The first-order valence-corrected chi connectivity index (χ1v) is 7.31. The van der Waals surface area contributed by atoms with Crippen LogP contribution in [-0.4, -0.2) is 24.1 Å². The molecule has 20 heavy (non-hydrogen) atoms. The molecule has 1 atom stereocenters. The molecule has 1 aromatic rings. The van der Waals surface area contributed by atoms with E-state index in [0.29, 0.717) is 11.9 Å². The van der Waals surface area contributed by atoms with Gasteiger partial charge in [0.25, 0.3) is 0 Å². The van der Waals surface area contributed by atoms with Crippen LogP contribution in [0.5, 0.6) is 0 Å². The average molecular weight is 269 g/mol. The molecule has 3 nitrogen and oxygen atoms in total. The summed E-state index contributed by atoms with van der Waals surface area (Å²) in [5.41, 5.74) is 2.29. The lowest BCUT2D eigenvalue weighted by molar-refractivity contribution is 0.270. The fourth-order valence-corrected chi connectivity index (χ4v) is 2.63. The summed E-state index contributed by atoms with van der Waals surface area (Å²) in [7, 11) is 0. The minimum absolute atomic E-state index is 0.349. The first kappa shape index (κ1) is 14.5. The minimum atomic E-state index is 0.349. The van der Waals surface area contributed by atoms with E-state index in [4.69, 9.17) is 5.10 Å². The number of hydrazone groups is 1. The molecule has 0 aliphatic carbocycles. The molecule has 0 saturated carbocycles. The topological polar surface area (TPSA) is 28.0 Å². The molecular weight excluding hydrogens is 246 g/mol. The van der Waals surface area contributed by atoms with Crippen molar-refractivity contribution >= 4 is 12.6 Å². The highest BCUT2D eigenvalue weighted by Crippen LogP contribution is 2.32. The molecule has 1 saturated heterocycles. The fraction of sp³-hybridized carbons (Fsp3) is 0.412. The highest BCUT2D eigenvalue weighted by Gasteiger charge is 2.25. The number of nitrogens with zero attached hydrogens (tertiary/aromatic N) is 3. The van der Waals surface area contributed by atoms with Crippen molar-refractivity contribution < 1.29 is 0 Å². The van der Waals surface area contributed by atoms with Gasteiger partial charge in [-0.3, -0.25) is 5.01 Å². The lowest BCUT2D eigenvalue weighted by atomic mass is 10.1. The molecule has 1 aromatic carbocycles. The molecule has 0 radical (unpaired) electrons. The van der Waals surface area contributed by atoms with Crippen LogP contribution in [0.25, 0.3) is 0 Å². The van der Waals surface area contributed by atoms with Crippen molar-refractivity contribution in [3.63, 3.8) is 0 Å². The summed E-state index contributed by atoms with van der Waals surface area (Å²) in [6, 6.07) is 10.9. The Kier molecular flexibility index (Phi) is 5.10. The molecule has 1 aliphatic heterocycles. The Morgan fingerprint density at radius 1 is 1.35 bits per heavy atom. The van der Waals surface area contributed by atoms with Crippen molar-refractivity contribution in [2.75, 3.05) is 6.54 Å². The van der Waals surface area contributed by atoms with Crippen molar-refractivity contribution in [1.29, 1.82) is 0 Å². The Balaban J connectivity index is 2.18. The Morgan fingerprint density at radius 3 is 2.75 bits per heavy atom. The molecule has 1 aliphatic rings. The molecule has 0 bridgehead atoms. The summed E-state index contributed by atoms with van der Waals surface area (Å²) in [4.78, 5) is 4.06. The summed E-state index contributed by atoms with van der Waals surface area (Å²) in [6.45, 7) is 10.8. The molecule has 106 valence electrons. The van der Waals surface area contributed by atoms with Crippen LogP contribution in [0.3, 0.4) is 0 Å². The number of amidine groups is 1. The third-order valence-corrected chi connectivity index (χ3v) is 3.65. The summed E-state index contributed by atoms with van der Waals surface area (Å²) < 4.78 is 0. The smallest absolute Gasteiger partial charge is 0.173 e. The second-order valence-electron chi connectivity index (χ2n) is 5.17. The molecule has 3 heteroatoms. The third kappa shape index (κ3) is 3.35. The molecule has 1 heterocycles. The van der Waals surface area contributed by atoms with Gasteiger partial charge in [-0.05, 0) is 37.1 Å². The van der Waals surface area contributed by atoms with Crippen LogP contribution in [0.15, 0.2) is 52.6 Å². The normalized spacial score (nSPS) is 19.1. The number of hydrogen-bond acceptors (Lipinski definition) is 2. The Bertz CT molecular complexity index is 490. The van der Waals surface area contributed by atoms with Crippen molar-refractivity contribution in [3.8, 4) is 0 Å². The highest BCUT2D eigenvalue weighted by atomic mass is 15.5. The van der Waals surface area contributed by atoms with Gasteiger partial charge in [-0.15, -0.1) is 0 Å². The van der Waals surface area contributed by atoms with E-state index >= 15 is 0 Å². The summed E-state index contributed by atoms with van der Waals surface area (Å²) in [5.74, 6) is 0.690. The van der Waals surface area contributed by atoms with Gasteiger partial charge < -0.3 is 0 Å². The van der Waals surface area contributed by atoms with Crippen LogP contribution < -0.4 is 0 Å². The largest absolute Gasteiger partial charge is 0.287 e. The van der Waals surface area contributed by atoms with E-state index in [1.54, 1.807) is 0 Å². The standard InChI is InChI=1S/C17H23N3/c1-4-9-14(2)17(18-3)19-20-13-8-12-16(20)15-10-6-5-7-11-15/h5-7,10-11,16H,2-4,8-9,12-13H2,1H3/b19-17-. The van der Waals surface area contributed by atoms with Crippen LogP contribution in [0.1, 0.15) is 44.2 Å². The fourth-order valence-electron chi connectivity index (χ4n) is 2.63. The summed E-state index contributed by atoms with van der Waals surface area (Å²) in [5, 5.41) is 6.83. The van der Waals surface area contributed by atoms with Crippen LogP contribution >= 0.6 is 0 Å². The van der Waals surface area contributed by atoms with Crippen molar-refractivity contribution in [2.45, 2.75) is 38.6 Å². The van der Waals surface area contributed by atoms with Crippen molar-refractivity contribution in [2.24, 2.45) is 10.1 Å². The van der Waals surface area contributed by atoms with E-state index in [-0.39, 0.29) is 0 Å². The average Bonchev–Trinajstić information content (AvgIpc) is 2.94. The molecule has 0 spiro atoms. The molecule has 0 N–H and O–H groups in total. The lowest BCUT2D eigenvalue weighted by Gasteiger charge is -2.22. The lowest BCUT2D eigenvalue weighted by Crippen LogP contribution is -2.19. The molecule has 2 rings (SSSR count). The van der Waals surface area contributed by atoms with Crippen molar-refractivity contribution in [3.05, 3.63) is 48.0 Å². The van der Waals surface area contributed by atoms with Gasteiger partial charge in [0.05, 0.1) is 6.04 Å². The third-order valence-electron chi connectivity index (χ3n) is 3.65. The molecular formula is C17H23N3.